The van der Waals surface area contributed by atoms with Gasteiger partial charge in [0.25, 0.3) is 10.1 Å². The second-order valence-electron chi connectivity index (χ2n) is 5.29. The minimum atomic E-state index is -4.21. The maximum absolute atomic E-state index is 11.7. The van der Waals surface area contributed by atoms with Crippen molar-refractivity contribution in [2.24, 2.45) is 17.8 Å². The molecule has 0 radical (unpaired) electrons. The SMILES string of the molecule is CC(C)C1=C(S(=O)(=O)O)C(C(C)C)CC(=O)C1. The molecule has 5 heteroatoms. The van der Waals surface area contributed by atoms with E-state index >= 15 is 0 Å². The van der Waals surface area contributed by atoms with Crippen molar-refractivity contribution in [3.05, 3.63) is 10.5 Å². The molecule has 1 N–H and O–H groups in total. The van der Waals surface area contributed by atoms with Gasteiger partial charge in [0.1, 0.15) is 5.78 Å². The van der Waals surface area contributed by atoms with Gasteiger partial charge < -0.3 is 0 Å². The molecule has 0 amide bonds. The molecule has 17 heavy (non-hydrogen) atoms. The molecule has 0 heterocycles. The van der Waals surface area contributed by atoms with Crippen LogP contribution in [0.1, 0.15) is 40.5 Å². The summed E-state index contributed by atoms with van der Waals surface area (Å²) in [5.74, 6) is -0.356. The summed E-state index contributed by atoms with van der Waals surface area (Å²) < 4.78 is 32.4. The van der Waals surface area contributed by atoms with Crippen LogP contribution in [0.2, 0.25) is 0 Å². The fourth-order valence-corrected chi connectivity index (χ4v) is 3.71. The molecule has 1 rings (SSSR count). The second kappa shape index (κ2) is 4.90. The smallest absolute Gasteiger partial charge is 0.290 e. The highest BCUT2D eigenvalue weighted by Crippen LogP contribution is 2.38. The molecule has 0 fully saturated rings. The van der Waals surface area contributed by atoms with Crippen LogP contribution in [0.25, 0.3) is 0 Å². The molecule has 0 aromatic carbocycles. The van der Waals surface area contributed by atoms with Gasteiger partial charge in [-0.3, -0.25) is 9.35 Å². The van der Waals surface area contributed by atoms with E-state index in [9.17, 15) is 17.8 Å². The first-order valence-electron chi connectivity index (χ1n) is 5.86. The third-order valence-corrected chi connectivity index (χ3v) is 4.39. The zero-order valence-corrected chi connectivity index (χ0v) is 11.5. The number of rotatable bonds is 3. The van der Waals surface area contributed by atoms with Crippen LogP contribution < -0.4 is 0 Å². The summed E-state index contributed by atoms with van der Waals surface area (Å²) in [6, 6.07) is 0. The van der Waals surface area contributed by atoms with Crippen molar-refractivity contribution in [2.45, 2.75) is 40.5 Å². The first-order chi connectivity index (χ1) is 7.64. The third kappa shape index (κ3) is 3.16. The molecular weight excluding hydrogens is 240 g/mol. The predicted molar refractivity (Wildman–Crippen MR) is 66.0 cm³/mol. The molecule has 0 aromatic rings. The summed E-state index contributed by atoms with van der Waals surface area (Å²) >= 11 is 0. The molecule has 1 aliphatic carbocycles. The van der Waals surface area contributed by atoms with Crippen molar-refractivity contribution in [1.82, 2.24) is 0 Å². The molecule has 0 aliphatic heterocycles. The Morgan fingerprint density at radius 1 is 1.24 bits per heavy atom. The maximum atomic E-state index is 11.7. The van der Waals surface area contributed by atoms with E-state index in [-0.39, 0.29) is 41.3 Å². The molecule has 0 spiro atoms. The Hall–Kier alpha value is -0.680. The molecule has 0 saturated heterocycles. The zero-order chi connectivity index (χ0) is 13.4. The first kappa shape index (κ1) is 14.4. The van der Waals surface area contributed by atoms with E-state index in [4.69, 9.17) is 0 Å². The highest BCUT2D eigenvalue weighted by atomic mass is 32.2. The molecule has 1 unspecified atom stereocenters. The average Bonchev–Trinajstić information content (AvgIpc) is 2.14. The number of Topliss-reactive ketones (excluding diaryl/α,β-unsaturated/α-hetero) is 1. The molecule has 0 aromatic heterocycles. The number of carbonyl (C=O) groups is 1. The van der Waals surface area contributed by atoms with E-state index in [1.807, 2.05) is 27.7 Å². The number of carbonyl (C=O) groups excluding carboxylic acids is 1. The standard InChI is InChI=1S/C12H20O4S/c1-7(2)10-5-9(13)6-11(8(3)4)12(10)17(14,15)16/h7-8,10H,5-6H2,1-4H3,(H,14,15,16). The minimum Gasteiger partial charge on any atom is -0.299 e. The Bertz CT molecular complexity index is 443. The number of allylic oxidation sites excluding steroid dienone is 2. The Morgan fingerprint density at radius 3 is 2.12 bits per heavy atom. The zero-order valence-electron chi connectivity index (χ0n) is 10.7. The number of hydrogen-bond donors (Lipinski definition) is 1. The van der Waals surface area contributed by atoms with Gasteiger partial charge in [0.15, 0.2) is 0 Å². The van der Waals surface area contributed by atoms with Crippen molar-refractivity contribution in [2.75, 3.05) is 0 Å². The summed E-state index contributed by atoms with van der Waals surface area (Å²) in [7, 11) is -4.21. The van der Waals surface area contributed by atoms with E-state index in [1.165, 1.54) is 0 Å². The Morgan fingerprint density at radius 2 is 1.76 bits per heavy atom. The van der Waals surface area contributed by atoms with Gasteiger partial charge in [-0.05, 0) is 17.4 Å². The van der Waals surface area contributed by atoms with Crippen LogP contribution in [-0.4, -0.2) is 18.8 Å². The maximum Gasteiger partial charge on any atom is 0.290 e. The molecule has 0 bridgehead atoms. The Labute approximate surface area is 103 Å². The average molecular weight is 260 g/mol. The monoisotopic (exact) mass is 260 g/mol. The topological polar surface area (TPSA) is 71.4 Å². The van der Waals surface area contributed by atoms with Crippen molar-refractivity contribution in [3.8, 4) is 0 Å². The lowest BCUT2D eigenvalue weighted by atomic mass is 9.79. The van der Waals surface area contributed by atoms with Crippen LogP contribution in [0.15, 0.2) is 10.5 Å². The molecule has 98 valence electrons. The van der Waals surface area contributed by atoms with E-state index in [0.717, 1.165) is 0 Å². The van der Waals surface area contributed by atoms with Crippen LogP contribution >= 0.6 is 0 Å². The van der Waals surface area contributed by atoms with Gasteiger partial charge >= 0.3 is 0 Å². The minimum absolute atomic E-state index is 0.0184. The lowest BCUT2D eigenvalue weighted by Crippen LogP contribution is -2.29. The number of hydrogen-bond acceptors (Lipinski definition) is 3. The first-order valence-corrected chi connectivity index (χ1v) is 7.30. The van der Waals surface area contributed by atoms with Crippen LogP contribution in [-0.2, 0) is 14.9 Å². The van der Waals surface area contributed by atoms with E-state index in [2.05, 4.69) is 0 Å². The van der Waals surface area contributed by atoms with Crippen LogP contribution in [0.4, 0.5) is 0 Å². The lowest BCUT2D eigenvalue weighted by molar-refractivity contribution is -0.119. The van der Waals surface area contributed by atoms with Gasteiger partial charge in [-0.15, -0.1) is 0 Å². The lowest BCUT2D eigenvalue weighted by Gasteiger charge is -2.30. The van der Waals surface area contributed by atoms with Crippen molar-refractivity contribution in [1.29, 1.82) is 0 Å². The molecule has 0 saturated carbocycles. The fourth-order valence-electron chi connectivity index (χ4n) is 2.33. The highest BCUT2D eigenvalue weighted by molar-refractivity contribution is 7.89. The summed E-state index contributed by atoms with van der Waals surface area (Å²) in [6.07, 6.45) is 0.360. The fraction of sp³-hybridized carbons (Fsp3) is 0.750. The molecular formula is C12H20O4S. The van der Waals surface area contributed by atoms with Gasteiger partial charge in [-0.25, -0.2) is 0 Å². The second-order valence-corrected chi connectivity index (χ2v) is 6.68. The van der Waals surface area contributed by atoms with Gasteiger partial charge in [-0.2, -0.15) is 8.42 Å². The molecule has 1 atom stereocenters. The van der Waals surface area contributed by atoms with Gasteiger partial charge in [-0.1, -0.05) is 27.7 Å². The van der Waals surface area contributed by atoms with Crippen molar-refractivity contribution < 1.29 is 17.8 Å². The molecule has 4 nitrogen and oxygen atoms in total. The van der Waals surface area contributed by atoms with Gasteiger partial charge in [0.05, 0.1) is 4.91 Å². The predicted octanol–water partition coefficient (Wildman–Crippen LogP) is 2.42. The van der Waals surface area contributed by atoms with Crippen LogP contribution in [0, 0.1) is 17.8 Å². The van der Waals surface area contributed by atoms with Crippen molar-refractivity contribution >= 4 is 15.9 Å². The van der Waals surface area contributed by atoms with Crippen molar-refractivity contribution in [3.63, 3.8) is 0 Å². The highest BCUT2D eigenvalue weighted by Gasteiger charge is 2.37. The Kier molecular flexibility index (Phi) is 4.15. The van der Waals surface area contributed by atoms with Gasteiger partial charge in [0.2, 0.25) is 0 Å². The third-order valence-electron chi connectivity index (χ3n) is 3.27. The number of ketones is 1. The van der Waals surface area contributed by atoms with E-state index in [0.29, 0.717) is 5.57 Å². The summed E-state index contributed by atoms with van der Waals surface area (Å²) in [5.41, 5.74) is 0.572. The quantitative estimate of drug-likeness (QED) is 0.791. The van der Waals surface area contributed by atoms with Crippen LogP contribution in [0.5, 0.6) is 0 Å². The van der Waals surface area contributed by atoms with Crippen LogP contribution in [0.3, 0.4) is 0 Å². The Balaban J connectivity index is 3.42. The van der Waals surface area contributed by atoms with Gasteiger partial charge in [0, 0.05) is 18.8 Å². The van der Waals surface area contributed by atoms with E-state index in [1.54, 1.807) is 0 Å². The summed E-state index contributed by atoms with van der Waals surface area (Å²) in [6.45, 7) is 7.42. The normalized spacial score (nSPS) is 22.8. The van der Waals surface area contributed by atoms with E-state index < -0.39 is 10.1 Å². The largest absolute Gasteiger partial charge is 0.299 e. The summed E-state index contributed by atoms with van der Waals surface area (Å²) in [5, 5.41) is 0. The summed E-state index contributed by atoms with van der Waals surface area (Å²) in [4.78, 5) is 11.7. The molecule has 1 aliphatic rings.